The Labute approximate surface area is 130 Å². The van der Waals surface area contributed by atoms with Crippen molar-refractivity contribution in [3.63, 3.8) is 0 Å². The van der Waals surface area contributed by atoms with Crippen LogP contribution < -0.4 is 5.69 Å². The molecule has 0 saturated carbocycles. The lowest BCUT2D eigenvalue weighted by atomic mass is 10.1. The second-order valence-electron chi connectivity index (χ2n) is 6.21. The Hall–Kier alpha value is -1.69. The fourth-order valence-electron chi connectivity index (χ4n) is 2.81. The number of aromatic amines is 1. The second kappa shape index (κ2) is 7.54. The zero-order valence-corrected chi connectivity index (χ0v) is 13.6. The maximum Gasteiger partial charge on any atom is 0.345 e. The lowest BCUT2D eigenvalue weighted by Crippen LogP contribution is -2.49. The first kappa shape index (κ1) is 16.7. The average Bonchev–Trinajstić information content (AvgIpc) is 2.46. The molecule has 22 heavy (non-hydrogen) atoms. The predicted molar refractivity (Wildman–Crippen MR) is 84.0 cm³/mol. The summed E-state index contributed by atoms with van der Waals surface area (Å²) < 4.78 is 5.47. The molecule has 1 saturated heterocycles. The van der Waals surface area contributed by atoms with Crippen molar-refractivity contribution in [1.82, 2.24) is 14.9 Å². The monoisotopic (exact) mass is 307 g/mol. The highest BCUT2D eigenvalue weighted by atomic mass is 16.5. The van der Waals surface area contributed by atoms with Crippen LogP contribution in [0.3, 0.4) is 0 Å². The maximum atomic E-state index is 12.7. The number of amides is 1. The molecule has 1 aromatic rings. The third-order valence-corrected chi connectivity index (χ3v) is 3.76. The summed E-state index contributed by atoms with van der Waals surface area (Å²) in [6.45, 7) is 7.87. The summed E-state index contributed by atoms with van der Waals surface area (Å²) in [5, 5.41) is 0. The molecule has 0 bridgehead atoms. The molecular formula is C16H25N3O3. The van der Waals surface area contributed by atoms with Crippen LogP contribution in [-0.4, -0.2) is 46.6 Å². The Morgan fingerprint density at radius 2 is 2.32 bits per heavy atom. The average molecular weight is 307 g/mol. The molecule has 1 aromatic heterocycles. The van der Waals surface area contributed by atoms with Crippen LogP contribution in [0.1, 0.15) is 49.8 Å². The number of nitrogens with zero attached hydrogens (tertiary/aromatic N) is 2. The van der Waals surface area contributed by atoms with Crippen LogP contribution in [0, 0.1) is 5.92 Å². The first-order valence-corrected chi connectivity index (χ1v) is 8.00. The molecule has 1 aliphatic rings. The van der Waals surface area contributed by atoms with Crippen molar-refractivity contribution >= 4 is 5.91 Å². The van der Waals surface area contributed by atoms with Gasteiger partial charge in [0.15, 0.2) is 0 Å². The zero-order valence-electron chi connectivity index (χ0n) is 13.6. The van der Waals surface area contributed by atoms with Gasteiger partial charge in [0.05, 0.1) is 19.3 Å². The normalized spacial score (nSPS) is 18.7. The largest absolute Gasteiger partial charge is 0.377 e. The summed E-state index contributed by atoms with van der Waals surface area (Å²) in [5.74, 6) is 0.232. The van der Waals surface area contributed by atoms with E-state index in [-0.39, 0.29) is 17.6 Å². The minimum atomic E-state index is -0.457. The molecule has 1 fully saturated rings. The molecule has 0 spiro atoms. The molecule has 122 valence electrons. The van der Waals surface area contributed by atoms with E-state index in [1.807, 2.05) is 0 Å². The number of morpholine rings is 1. The topological polar surface area (TPSA) is 75.3 Å². The highest BCUT2D eigenvalue weighted by Crippen LogP contribution is 2.15. The number of hydrogen-bond acceptors (Lipinski definition) is 4. The Balaban J connectivity index is 2.23. The van der Waals surface area contributed by atoms with Crippen LogP contribution in [0.4, 0.5) is 0 Å². The van der Waals surface area contributed by atoms with E-state index >= 15 is 0 Å². The third kappa shape index (κ3) is 4.16. The summed E-state index contributed by atoms with van der Waals surface area (Å²) in [6.07, 6.45) is 2.60. The predicted octanol–water partition coefficient (Wildman–Crippen LogP) is 1.61. The van der Waals surface area contributed by atoms with Gasteiger partial charge in [0, 0.05) is 12.2 Å². The Bertz CT molecular complexity index is 566. The number of carbonyl (C=O) groups is 1. The van der Waals surface area contributed by atoms with Crippen LogP contribution in [0.15, 0.2) is 10.9 Å². The molecule has 2 rings (SSSR count). The number of rotatable bonds is 5. The van der Waals surface area contributed by atoms with Crippen molar-refractivity contribution < 1.29 is 9.53 Å². The van der Waals surface area contributed by atoms with Crippen LogP contribution in [-0.2, 0) is 11.2 Å². The van der Waals surface area contributed by atoms with Crippen molar-refractivity contribution in [1.29, 1.82) is 0 Å². The van der Waals surface area contributed by atoms with Gasteiger partial charge in [-0.2, -0.15) is 4.98 Å². The van der Waals surface area contributed by atoms with E-state index in [1.165, 1.54) is 0 Å². The zero-order chi connectivity index (χ0) is 16.1. The lowest BCUT2D eigenvalue weighted by Gasteiger charge is -2.35. The SMILES string of the molecule is CCC[C@H]1COCCN1C(=O)c1cc(CC(C)C)[nH]c(=O)n1. The summed E-state index contributed by atoms with van der Waals surface area (Å²) in [4.78, 5) is 32.8. The molecule has 1 N–H and O–H groups in total. The fourth-order valence-corrected chi connectivity index (χ4v) is 2.81. The third-order valence-electron chi connectivity index (χ3n) is 3.76. The molecule has 0 aromatic carbocycles. The van der Waals surface area contributed by atoms with Gasteiger partial charge in [0.2, 0.25) is 0 Å². The van der Waals surface area contributed by atoms with Crippen molar-refractivity contribution in [3.05, 3.63) is 27.9 Å². The van der Waals surface area contributed by atoms with E-state index in [1.54, 1.807) is 11.0 Å². The van der Waals surface area contributed by atoms with Crippen LogP contribution in [0.25, 0.3) is 0 Å². The number of nitrogens with one attached hydrogen (secondary N) is 1. The summed E-state index contributed by atoms with van der Waals surface area (Å²) in [5.41, 5.74) is 0.544. The minimum absolute atomic E-state index is 0.0703. The van der Waals surface area contributed by atoms with Gasteiger partial charge in [0.1, 0.15) is 5.69 Å². The number of H-pyrrole nitrogens is 1. The highest BCUT2D eigenvalue weighted by Gasteiger charge is 2.28. The quantitative estimate of drug-likeness (QED) is 0.896. The molecule has 1 amide bonds. The molecule has 1 aliphatic heterocycles. The molecule has 6 heteroatoms. The van der Waals surface area contributed by atoms with E-state index < -0.39 is 5.69 Å². The minimum Gasteiger partial charge on any atom is -0.377 e. The molecule has 6 nitrogen and oxygen atoms in total. The van der Waals surface area contributed by atoms with Gasteiger partial charge in [0.25, 0.3) is 5.91 Å². The van der Waals surface area contributed by atoms with E-state index in [9.17, 15) is 9.59 Å². The first-order valence-electron chi connectivity index (χ1n) is 8.00. The van der Waals surface area contributed by atoms with Crippen molar-refractivity contribution in [3.8, 4) is 0 Å². The van der Waals surface area contributed by atoms with Crippen molar-refractivity contribution in [2.24, 2.45) is 5.92 Å². The standard InChI is InChI=1S/C16H25N3O3/c1-4-5-13-10-22-7-6-19(13)15(20)14-9-12(8-11(2)3)17-16(21)18-14/h9,11,13H,4-8,10H2,1-3H3,(H,17,18,21)/t13-/m0/s1. The maximum absolute atomic E-state index is 12.7. The fraction of sp³-hybridized carbons (Fsp3) is 0.688. The number of aromatic nitrogens is 2. The van der Waals surface area contributed by atoms with Gasteiger partial charge < -0.3 is 14.6 Å². The molecular weight excluding hydrogens is 282 g/mol. The molecule has 0 unspecified atom stereocenters. The summed E-state index contributed by atoms with van der Waals surface area (Å²) in [7, 11) is 0. The van der Waals surface area contributed by atoms with Gasteiger partial charge in [-0.3, -0.25) is 4.79 Å². The van der Waals surface area contributed by atoms with Crippen LogP contribution in [0.2, 0.25) is 0 Å². The summed E-state index contributed by atoms with van der Waals surface area (Å²) >= 11 is 0. The molecule has 0 aliphatic carbocycles. The van der Waals surface area contributed by atoms with Gasteiger partial charge in [-0.05, 0) is 24.8 Å². The van der Waals surface area contributed by atoms with E-state index in [0.29, 0.717) is 25.7 Å². The van der Waals surface area contributed by atoms with Gasteiger partial charge >= 0.3 is 5.69 Å². The molecule has 1 atom stereocenters. The Kier molecular flexibility index (Phi) is 5.71. The van der Waals surface area contributed by atoms with Crippen LogP contribution >= 0.6 is 0 Å². The van der Waals surface area contributed by atoms with Gasteiger partial charge in [-0.25, -0.2) is 4.79 Å². The smallest absolute Gasteiger partial charge is 0.345 e. The first-order chi connectivity index (χ1) is 10.5. The Morgan fingerprint density at radius 3 is 3.00 bits per heavy atom. The van der Waals surface area contributed by atoms with E-state index in [4.69, 9.17) is 4.74 Å². The van der Waals surface area contributed by atoms with E-state index in [0.717, 1.165) is 25.0 Å². The van der Waals surface area contributed by atoms with E-state index in [2.05, 4.69) is 30.7 Å². The molecule has 0 radical (unpaired) electrons. The molecule has 2 heterocycles. The lowest BCUT2D eigenvalue weighted by molar-refractivity contribution is -0.00467. The van der Waals surface area contributed by atoms with Gasteiger partial charge in [-0.1, -0.05) is 27.2 Å². The van der Waals surface area contributed by atoms with Crippen molar-refractivity contribution in [2.45, 2.75) is 46.1 Å². The van der Waals surface area contributed by atoms with Crippen molar-refractivity contribution in [2.75, 3.05) is 19.8 Å². The number of carbonyl (C=O) groups excluding carboxylic acids is 1. The summed E-state index contributed by atoms with van der Waals surface area (Å²) in [6, 6.07) is 1.78. The van der Waals surface area contributed by atoms with Crippen LogP contribution in [0.5, 0.6) is 0 Å². The second-order valence-corrected chi connectivity index (χ2v) is 6.21. The highest BCUT2D eigenvalue weighted by molar-refractivity contribution is 5.92. The Morgan fingerprint density at radius 1 is 1.55 bits per heavy atom. The van der Waals surface area contributed by atoms with Gasteiger partial charge in [-0.15, -0.1) is 0 Å². The number of ether oxygens (including phenoxy) is 1. The number of hydrogen-bond donors (Lipinski definition) is 1.